The zero-order valence-electron chi connectivity index (χ0n) is 10.9. The molecule has 0 aliphatic carbocycles. The lowest BCUT2D eigenvalue weighted by Crippen LogP contribution is -2.27. The number of thioether (sulfide) groups is 1. The summed E-state index contributed by atoms with van der Waals surface area (Å²) in [7, 11) is 0. The summed E-state index contributed by atoms with van der Waals surface area (Å²) in [5, 5.41) is 5.94. The molecule has 2 heterocycles. The lowest BCUT2D eigenvalue weighted by molar-refractivity contribution is 0.494. The molecule has 0 amide bonds. The third kappa shape index (κ3) is 3.41. The van der Waals surface area contributed by atoms with Crippen LogP contribution < -0.4 is 5.32 Å². The number of hydrogen-bond donors (Lipinski definition) is 1. The highest BCUT2D eigenvalue weighted by Crippen LogP contribution is 2.28. The molecule has 0 spiro atoms. The van der Waals surface area contributed by atoms with Crippen molar-refractivity contribution in [2.24, 2.45) is 5.92 Å². The van der Waals surface area contributed by atoms with Crippen molar-refractivity contribution in [2.75, 3.05) is 18.1 Å². The van der Waals surface area contributed by atoms with Gasteiger partial charge in [-0.25, -0.2) is 0 Å². The Kier molecular flexibility index (Phi) is 4.59. The molecule has 1 aliphatic heterocycles. The number of benzene rings is 1. The van der Waals surface area contributed by atoms with E-state index >= 15 is 0 Å². The fourth-order valence-electron chi connectivity index (χ4n) is 2.51. The molecular formula is C16H19NS2. The Hall–Kier alpha value is -0.770. The zero-order valence-corrected chi connectivity index (χ0v) is 12.6. The van der Waals surface area contributed by atoms with E-state index in [1.807, 2.05) is 11.3 Å². The van der Waals surface area contributed by atoms with Crippen molar-refractivity contribution in [3.05, 3.63) is 58.3 Å². The summed E-state index contributed by atoms with van der Waals surface area (Å²) in [6, 6.07) is 15.5. The van der Waals surface area contributed by atoms with Gasteiger partial charge in [0.25, 0.3) is 0 Å². The maximum Gasteiger partial charge on any atom is 0.0671 e. The van der Waals surface area contributed by atoms with Crippen molar-refractivity contribution >= 4 is 23.1 Å². The predicted molar refractivity (Wildman–Crippen MR) is 86.0 cm³/mol. The monoisotopic (exact) mass is 289 g/mol. The van der Waals surface area contributed by atoms with Gasteiger partial charge in [-0.05, 0) is 47.4 Å². The molecule has 2 aromatic rings. The molecule has 1 nitrogen and oxygen atoms in total. The summed E-state index contributed by atoms with van der Waals surface area (Å²) in [5.74, 6) is 3.50. The second kappa shape index (κ2) is 6.60. The van der Waals surface area contributed by atoms with Crippen molar-refractivity contribution in [1.29, 1.82) is 0 Å². The van der Waals surface area contributed by atoms with Crippen molar-refractivity contribution in [1.82, 2.24) is 5.32 Å². The first-order valence-corrected chi connectivity index (χ1v) is 8.86. The Bertz CT molecular complexity index is 475. The fourth-order valence-corrected chi connectivity index (χ4v) is 4.62. The Labute approximate surface area is 123 Å². The van der Waals surface area contributed by atoms with Gasteiger partial charge in [-0.3, -0.25) is 0 Å². The highest BCUT2D eigenvalue weighted by molar-refractivity contribution is 7.99. The van der Waals surface area contributed by atoms with Crippen LogP contribution in [0.2, 0.25) is 0 Å². The maximum atomic E-state index is 3.78. The number of nitrogens with one attached hydrogen (secondary N) is 1. The summed E-state index contributed by atoms with van der Waals surface area (Å²) in [6.45, 7) is 1.13. The highest BCUT2D eigenvalue weighted by atomic mass is 32.2. The summed E-state index contributed by atoms with van der Waals surface area (Å²) >= 11 is 3.93. The quantitative estimate of drug-likeness (QED) is 0.886. The molecule has 1 aromatic carbocycles. The van der Waals surface area contributed by atoms with Gasteiger partial charge in [-0.2, -0.15) is 11.8 Å². The molecule has 2 unspecified atom stereocenters. The van der Waals surface area contributed by atoms with Crippen LogP contribution in [-0.2, 0) is 0 Å². The molecule has 0 bridgehead atoms. The number of thiophene rings is 1. The maximum absolute atomic E-state index is 3.78. The molecule has 2 atom stereocenters. The smallest absolute Gasteiger partial charge is 0.0671 e. The molecule has 1 N–H and O–H groups in total. The van der Waals surface area contributed by atoms with E-state index in [1.54, 1.807) is 0 Å². The van der Waals surface area contributed by atoms with Gasteiger partial charge in [0, 0.05) is 4.88 Å². The van der Waals surface area contributed by atoms with Gasteiger partial charge < -0.3 is 5.32 Å². The van der Waals surface area contributed by atoms with Crippen LogP contribution in [0.3, 0.4) is 0 Å². The topological polar surface area (TPSA) is 12.0 Å². The standard InChI is InChI=1S/C16H19NS2/c1-2-5-14(6-3-1)16(15-7-4-9-19-15)17-11-13-8-10-18-12-13/h1-7,9,13,16-17H,8,10-12H2. The van der Waals surface area contributed by atoms with Crippen LogP contribution in [0.25, 0.3) is 0 Å². The normalized spacial score (nSPS) is 20.5. The van der Waals surface area contributed by atoms with Crippen molar-refractivity contribution < 1.29 is 0 Å². The number of rotatable bonds is 5. The van der Waals surface area contributed by atoms with Gasteiger partial charge in [0.1, 0.15) is 0 Å². The molecule has 3 rings (SSSR count). The van der Waals surface area contributed by atoms with Crippen LogP contribution in [0.4, 0.5) is 0 Å². The molecular weight excluding hydrogens is 270 g/mol. The first-order chi connectivity index (χ1) is 9.43. The third-order valence-corrected chi connectivity index (χ3v) is 5.76. The molecule has 3 heteroatoms. The van der Waals surface area contributed by atoms with E-state index in [9.17, 15) is 0 Å². The van der Waals surface area contributed by atoms with Gasteiger partial charge in [0.05, 0.1) is 6.04 Å². The Morgan fingerprint density at radius 2 is 2.05 bits per heavy atom. The van der Waals surface area contributed by atoms with Gasteiger partial charge in [0.15, 0.2) is 0 Å². The molecule has 1 aromatic heterocycles. The first-order valence-electron chi connectivity index (χ1n) is 6.83. The van der Waals surface area contributed by atoms with Crippen LogP contribution in [0.1, 0.15) is 22.9 Å². The van der Waals surface area contributed by atoms with E-state index < -0.39 is 0 Å². The van der Waals surface area contributed by atoms with E-state index in [1.165, 1.54) is 28.4 Å². The SMILES string of the molecule is c1ccc(C(NCC2CCSC2)c2cccs2)cc1. The largest absolute Gasteiger partial charge is 0.305 e. The van der Waals surface area contributed by atoms with Crippen LogP contribution >= 0.6 is 23.1 Å². The molecule has 0 saturated carbocycles. The predicted octanol–water partition coefficient (Wildman–Crippen LogP) is 4.18. The van der Waals surface area contributed by atoms with Crippen LogP contribution in [0.5, 0.6) is 0 Å². The molecule has 1 aliphatic rings. The van der Waals surface area contributed by atoms with E-state index in [4.69, 9.17) is 0 Å². The van der Waals surface area contributed by atoms with Crippen molar-refractivity contribution in [2.45, 2.75) is 12.5 Å². The van der Waals surface area contributed by atoms with Crippen molar-refractivity contribution in [3.63, 3.8) is 0 Å². The summed E-state index contributed by atoms with van der Waals surface area (Å²) in [6.07, 6.45) is 1.36. The number of hydrogen-bond acceptors (Lipinski definition) is 3. The fraction of sp³-hybridized carbons (Fsp3) is 0.375. The van der Waals surface area contributed by atoms with E-state index in [2.05, 4.69) is 64.9 Å². The van der Waals surface area contributed by atoms with E-state index in [0.29, 0.717) is 6.04 Å². The minimum absolute atomic E-state index is 0.354. The minimum Gasteiger partial charge on any atom is -0.305 e. The average Bonchev–Trinajstić information content (AvgIpc) is 3.13. The van der Waals surface area contributed by atoms with Crippen LogP contribution in [0, 0.1) is 5.92 Å². The van der Waals surface area contributed by atoms with Crippen LogP contribution in [-0.4, -0.2) is 18.1 Å². The highest BCUT2D eigenvalue weighted by Gasteiger charge is 2.19. The van der Waals surface area contributed by atoms with Gasteiger partial charge in [-0.1, -0.05) is 36.4 Å². The lowest BCUT2D eigenvalue weighted by atomic mass is 10.0. The minimum atomic E-state index is 0.354. The first kappa shape index (κ1) is 13.2. The van der Waals surface area contributed by atoms with E-state index in [0.717, 1.165) is 12.5 Å². The molecule has 1 fully saturated rings. The summed E-state index contributed by atoms with van der Waals surface area (Å²) in [5.41, 5.74) is 1.37. The van der Waals surface area contributed by atoms with Gasteiger partial charge in [0.2, 0.25) is 0 Å². The third-order valence-electron chi connectivity index (χ3n) is 3.60. The second-order valence-electron chi connectivity index (χ2n) is 5.00. The van der Waals surface area contributed by atoms with Gasteiger partial charge in [-0.15, -0.1) is 11.3 Å². The molecule has 0 radical (unpaired) electrons. The Morgan fingerprint density at radius 1 is 1.16 bits per heavy atom. The second-order valence-corrected chi connectivity index (χ2v) is 7.13. The Morgan fingerprint density at radius 3 is 2.74 bits per heavy atom. The summed E-state index contributed by atoms with van der Waals surface area (Å²) in [4.78, 5) is 1.41. The molecule has 1 saturated heterocycles. The average molecular weight is 289 g/mol. The lowest BCUT2D eigenvalue weighted by Gasteiger charge is -2.20. The molecule has 19 heavy (non-hydrogen) atoms. The zero-order chi connectivity index (χ0) is 12.9. The summed E-state index contributed by atoms with van der Waals surface area (Å²) < 4.78 is 0. The Balaban J connectivity index is 1.73. The van der Waals surface area contributed by atoms with Crippen molar-refractivity contribution in [3.8, 4) is 0 Å². The van der Waals surface area contributed by atoms with Gasteiger partial charge >= 0.3 is 0 Å². The van der Waals surface area contributed by atoms with E-state index in [-0.39, 0.29) is 0 Å². The van der Waals surface area contributed by atoms with Crippen LogP contribution in [0.15, 0.2) is 47.8 Å². The molecule has 100 valence electrons.